The second-order valence-corrected chi connectivity index (χ2v) is 13.0. The Kier molecular flexibility index (Phi) is 11.7. The van der Waals surface area contributed by atoms with E-state index in [0.29, 0.717) is 43.0 Å². The lowest BCUT2D eigenvalue weighted by molar-refractivity contribution is -0.147. The van der Waals surface area contributed by atoms with Crippen molar-refractivity contribution in [2.45, 2.75) is 63.6 Å². The van der Waals surface area contributed by atoms with Gasteiger partial charge in [0.25, 0.3) is 11.8 Å². The minimum atomic E-state index is -0.587. The molecule has 6 rings (SSSR count). The highest BCUT2D eigenvalue weighted by molar-refractivity contribution is 6.25. The molecule has 2 saturated carbocycles. The molecule has 0 aliphatic heterocycles. The van der Waals surface area contributed by atoms with Crippen molar-refractivity contribution in [2.75, 3.05) is 24.4 Å². The van der Waals surface area contributed by atoms with Crippen LogP contribution in [0.1, 0.15) is 72.1 Å². The molecule has 4 aromatic rings. The largest absolute Gasteiger partial charge is 0.490 e. The number of hydrogen-bond acceptors (Lipinski definition) is 11. The number of esters is 2. The molecule has 12 heteroatoms. The van der Waals surface area contributed by atoms with Crippen LogP contribution >= 0.6 is 0 Å². The molecule has 12 nitrogen and oxygen atoms in total. The quantitative estimate of drug-likeness (QED) is 0.128. The second-order valence-electron chi connectivity index (χ2n) is 13.0. The van der Waals surface area contributed by atoms with Gasteiger partial charge >= 0.3 is 11.9 Å². The molecule has 0 radical (unpaired) electrons. The zero-order valence-corrected chi connectivity index (χ0v) is 29.2. The minimum Gasteiger partial charge on any atom is -0.490 e. The molecule has 2 fully saturated rings. The predicted molar refractivity (Wildman–Crippen MR) is 193 cm³/mol. The molecule has 52 heavy (non-hydrogen) atoms. The fourth-order valence-corrected chi connectivity index (χ4v) is 6.64. The fourth-order valence-electron chi connectivity index (χ4n) is 6.64. The Morgan fingerprint density at radius 2 is 1.04 bits per heavy atom. The number of anilines is 3. The number of methoxy groups -OCH3 is 2. The molecule has 0 spiro atoms. The van der Waals surface area contributed by atoms with Crippen LogP contribution in [0.4, 0.5) is 17.3 Å². The summed E-state index contributed by atoms with van der Waals surface area (Å²) in [5.41, 5.74) is 1.32. The van der Waals surface area contributed by atoms with Crippen molar-refractivity contribution in [2.24, 2.45) is 11.8 Å². The lowest BCUT2D eigenvalue weighted by atomic mass is 9.87. The number of hydrogen-bond donors (Lipinski definition) is 1. The number of benzene rings is 3. The molecule has 1 N–H and O–H groups in total. The third-order valence-corrected chi connectivity index (χ3v) is 9.56. The lowest BCUT2D eigenvalue weighted by Gasteiger charge is -2.27. The molecule has 1 heterocycles. The number of nitrogens with zero attached hydrogens (tertiary/aromatic N) is 3. The van der Waals surface area contributed by atoms with Gasteiger partial charge in [0.15, 0.2) is 11.6 Å². The zero-order valence-electron chi connectivity index (χ0n) is 29.2. The van der Waals surface area contributed by atoms with Crippen LogP contribution in [-0.2, 0) is 19.1 Å². The van der Waals surface area contributed by atoms with E-state index in [4.69, 9.17) is 18.9 Å². The highest BCUT2D eigenvalue weighted by Gasteiger charge is 2.31. The summed E-state index contributed by atoms with van der Waals surface area (Å²) >= 11 is 0. The maximum Gasteiger partial charge on any atom is 0.308 e. The first-order valence-electron chi connectivity index (χ1n) is 17.5. The van der Waals surface area contributed by atoms with Gasteiger partial charge in [0.05, 0.1) is 38.3 Å². The van der Waals surface area contributed by atoms with E-state index in [1.807, 2.05) is 30.3 Å². The van der Waals surface area contributed by atoms with Crippen molar-refractivity contribution in [3.63, 3.8) is 0 Å². The molecule has 270 valence electrons. The highest BCUT2D eigenvalue weighted by Crippen LogP contribution is 2.31. The topological polar surface area (TPSA) is 146 Å². The van der Waals surface area contributed by atoms with E-state index < -0.39 is 11.8 Å². The summed E-state index contributed by atoms with van der Waals surface area (Å²) in [5, 5.41) is 11.7. The highest BCUT2D eigenvalue weighted by atomic mass is 16.5. The smallest absolute Gasteiger partial charge is 0.308 e. The van der Waals surface area contributed by atoms with Crippen molar-refractivity contribution in [3.05, 3.63) is 102 Å². The Hall–Kier alpha value is -5.78. The number of para-hydroxylation sites is 1. The summed E-state index contributed by atoms with van der Waals surface area (Å²) in [6, 6.07) is 25.9. The lowest BCUT2D eigenvalue weighted by Crippen LogP contribution is -2.38. The molecule has 2 amide bonds. The average Bonchev–Trinajstić information content (AvgIpc) is 3.19. The Labute approximate surface area is 302 Å². The summed E-state index contributed by atoms with van der Waals surface area (Å²) in [7, 11) is 2.81. The van der Waals surface area contributed by atoms with E-state index in [0.717, 1.165) is 36.3 Å². The van der Waals surface area contributed by atoms with E-state index in [9.17, 15) is 19.2 Å². The van der Waals surface area contributed by atoms with Gasteiger partial charge in [-0.15, -0.1) is 10.2 Å². The number of amides is 2. The molecule has 2 aliphatic rings. The van der Waals surface area contributed by atoms with Gasteiger partial charge in [-0.2, -0.15) is 0 Å². The number of nitrogens with one attached hydrogen (secondary N) is 1. The molecule has 0 atom stereocenters. The summed E-state index contributed by atoms with van der Waals surface area (Å²) in [5.74, 6) is -0.0994. The first-order valence-corrected chi connectivity index (χ1v) is 17.5. The first-order chi connectivity index (χ1) is 25.3. The van der Waals surface area contributed by atoms with Crippen LogP contribution in [0, 0.1) is 11.8 Å². The van der Waals surface area contributed by atoms with E-state index >= 15 is 0 Å². The van der Waals surface area contributed by atoms with E-state index in [2.05, 4.69) is 15.5 Å². The molecular formula is C40H42N4O8. The van der Waals surface area contributed by atoms with E-state index in [1.165, 1.54) is 14.2 Å². The molecule has 2 aliphatic carbocycles. The van der Waals surface area contributed by atoms with Crippen LogP contribution < -0.4 is 19.7 Å². The number of ether oxygens (including phenoxy) is 4. The van der Waals surface area contributed by atoms with Gasteiger partial charge < -0.3 is 24.3 Å². The maximum absolute atomic E-state index is 14.1. The van der Waals surface area contributed by atoms with Crippen LogP contribution in [0.5, 0.6) is 11.5 Å². The third kappa shape index (κ3) is 8.92. The van der Waals surface area contributed by atoms with Gasteiger partial charge in [0, 0.05) is 16.8 Å². The van der Waals surface area contributed by atoms with Crippen molar-refractivity contribution in [3.8, 4) is 11.5 Å². The van der Waals surface area contributed by atoms with Crippen LogP contribution in [-0.4, -0.2) is 60.4 Å². The summed E-state index contributed by atoms with van der Waals surface area (Å²) in [4.78, 5) is 52.9. The number of rotatable bonds is 11. The summed E-state index contributed by atoms with van der Waals surface area (Å²) in [6.07, 6.45) is 5.53. The van der Waals surface area contributed by atoms with Gasteiger partial charge in [-0.05, 0) is 124 Å². The van der Waals surface area contributed by atoms with Crippen LogP contribution in [0.3, 0.4) is 0 Å². The minimum absolute atomic E-state index is 0.0546. The van der Waals surface area contributed by atoms with Crippen LogP contribution in [0.25, 0.3) is 0 Å². The summed E-state index contributed by atoms with van der Waals surface area (Å²) < 4.78 is 22.1. The summed E-state index contributed by atoms with van der Waals surface area (Å²) in [6.45, 7) is 0. The third-order valence-electron chi connectivity index (χ3n) is 9.56. The van der Waals surface area contributed by atoms with Crippen molar-refractivity contribution in [1.29, 1.82) is 0 Å². The zero-order chi connectivity index (χ0) is 36.5. The average molecular weight is 707 g/mol. The van der Waals surface area contributed by atoms with Gasteiger partial charge in [-0.3, -0.25) is 19.2 Å². The standard InChI is InChI=1S/C40H42N4O8/c1-49-39(47)28-12-20-33(21-13-28)51-31-16-8-26(9-17-31)37(45)44(36-25-24-35(42-43-36)41-30-6-4-3-5-7-30)38(46)27-10-18-32(19-11-27)52-34-22-14-29(15-23-34)40(48)50-2/h3-11,16-19,24-25,28-29,33-34H,12-15,20-23H2,1-2H3,(H,41,42)/t28-,29-,33+,34+. The number of aromatic nitrogens is 2. The molecule has 0 bridgehead atoms. The number of carbonyl (C=O) groups is 4. The van der Waals surface area contributed by atoms with Gasteiger partial charge in [0.2, 0.25) is 0 Å². The molecule has 0 saturated heterocycles. The fraction of sp³-hybridized carbons (Fsp3) is 0.350. The number of imide groups is 1. The predicted octanol–water partition coefficient (Wildman–Crippen LogP) is 6.93. The molecule has 0 unspecified atom stereocenters. The Balaban J connectivity index is 1.16. The van der Waals surface area contributed by atoms with Crippen molar-refractivity contribution >= 4 is 41.1 Å². The normalized spacial score (nSPS) is 19.8. The van der Waals surface area contributed by atoms with Crippen LogP contribution in [0.2, 0.25) is 0 Å². The monoisotopic (exact) mass is 706 g/mol. The second kappa shape index (κ2) is 17.0. The Morgan fingerprint density at radius 1 is 0.577 bits per heavy atom. The molecule has 3 aromatic carbocycles. The number of carbonyl (C=O) groups excluding carboxylic acids is 4. The van der Waals surface area contributed by atoms with Gasteiger partial charge in [-0.25, -0.2) is 4.90 Å². The van der Waals surface area contributed by atoms with E-state index in [1.54, 1.807) is 60.7 Å². The molecule has 1 aromatic heterocycles. The first kappa shape index (κ1) is 36.0. The van der Waals surface area contributed by atoms with Crippen molar-refractivity contribution < 1.29 is 38.1 Å². The van der Waals surface area contributed by atoms with Crippen molar-refractivity contribution in [1.82, 2.24) is 10.2 Å². The Morgan fingerprint density at radius 3 is 1.44 bits per heavy atom. The van der Waals surface area contributed by atoms with Gasteiger partial charge in [-0.1, -0.05) is 18.2 Å². The van der Waals surface area contributed by atoms with Crippen LogP contribution in [0.15, 0.2) is 91.0 Å². The SMILES string of the molecule is COC(=O)[C@H]1CC[C@@H](Oc2ccc(C(=O)N(C(=O)c3ccc(O[C@H]4CC[C@@H](C(=O)OC)CC4)cc3)c3ccc(Nc4ccccc4)nn3)cc2)CC1. The Bertz CT molecular complexity index is 1730. The molecular weight excluding hydrogens is 664 g/mol. The maximum atomic E-state index is 14.1. The van der Waals surface area contributed by atoms with Gasteiger partial charge in [0.1, 0.15) is 11.5 Å². The van der Waals surface area contributed by atoms with E-state index in [-0.39, 0.29) is 52.9 Å².